The van der Waals surface area contributed by atoms with Crippen molar-refractivity contribution in [2.24, 2.45) is 5.92 Å². The SMILES string of the molecule is CC/C=C\[C@H]1CC[C@@H](c2ccc(C#N)cc2)CC1. The summed E-state index contributed by atoms with van der Waals surface area (Å²) in [5.41, 5.74) is 2.17. The first-order chi connectivity index (χ1) is 8.83. The van der Waals surface area contributed by atoms with E-state index in [2.05, 4.69) is 37.3 Å². The lowest BCUT2D eigenvalue weighted by Gasteiger charge is -2.27. The average Bonchev–Trinajstić information content (AvgIpc) is 2.46. The second-order valence-corrected chi connectivity index (χ2v) is 5.18. The van der Waals surface area contributed by atoms with Gasteiger partial charge in [-0.2, -0.15) is 5.26 Å². The highest BCUT2D eigenvalue weighted by Crippen LogP contribution is 2.36. The average molecular weight is 239 g/mol. The Balaban J connectivity index is 1.93. The molecule has 0 amide bonds. The van der Waals surface area contributed by atoms with Crippen LogP contribution in [0.2, 0.25) is 0 Å². The van der Waals surface area contributed by atoms with Crippen molar-refractivity contribution in [3.05, 3.63) is 47.5 Å². The highest BCUT2D eigenvalue weighted by molar-refractivity contribution is 5.33. The molecule has 0 heterocycles. The Morgan fingerprint density at radius 3 is 2.39 bits per heavy atom. The number of allylic oxidation sites excluding steroid dienone is 2. The highest BCUT2D eigenvalue weighted by atomic mass is 14.3. The molecule has 0 N–H and O–H groups in total. The van der Waals surface area contributed by atoms with Crippen LogP contribution in [0.4, 0.5) is 0 Å². The lowest BCUT2D eigenvalue weighted by Crippen LogP contribution is -2.11. The van der Waals surface area contributed by atoms with Gasteiger partial charge in [0, 0.05) is 0 Å². The van der Waals surface area contributed by atoms with Crippen LogP contribution >= 0.6 is 0 Å². The minimum atomic E-state index is 0.698. The van der Waals surface area contributed by atoms with Crippen LogP contribution in [0.15, 0.2) is 36.4 Å². The van der Waals surface area contributed by atoms with Gasteiger partial charge in [-0.15, -0.1) is 0 Å². The van der Waals surface area contributed by atoms with Crippen LogP contribution in [0.25, 0.3) is 0 Å². The molecule has 1 aromatic rings. The van der Waals surface area contributed by atoms with Crippen LogP contribution in [-0.4, -0.2) is 0 Å². The van der Waals surface area contributed by atoms with Crippen LogP contribution in [0.3, 0.4) is 0 Å². The molecule has 1 nitrogen and oxygen atoms in total. The van der Waals surface area contributed by atoms with E-state index < -0.39 is 0 Å². The van der Waals surface area contributed by atoms with E-state index in [4.69, 9.17) is 5.26 Å². The summed E-state index contributed by atoms with van der Waals surface area (Å²) in [6, 6.07) is 10.3. The van der Waals surface area contributed by atoms with E-state index in [1.165, 1.54) is 31.2 Å². The second kappa shape index (κ2) is 6.40. The zero-order chi connectivity index (χ0) is 12.8. The molecular weight excluding hydrogens is 218 g/mol. The summed E-state index contributed by atoms with van der Waals surface area (Å²) in [5, 5.41) is 8.80. The fraction of sp³-hybridized carbons (Fsp3) is 0.471. The van der Waals surface area contributed by atoms with E-state index >= 15 is 0 Å². The number of rotatable bonds is 3. The topological polar surface area (TPSA) is 23.8 Å². The number of hydrogen-bond donors (Lipinski definition) is 0. The van der Waals surface area contributed by atoms with E-state index in [1.807, 2.05) is 12.1 Å². The Labute approximate surface area is 110 Å². The van der Waals surface area contributed by atoms with Gasteiger partial charge in [0.15, 0.2) is 0 Å². The second-order valence-electron chi connectivity index (χ2n) is 5.18. The third-order valence-electron chi connectivity index (χ3n) is 3.93. The van der Waals surface area contributed by atoms with Crippen LogP contribution < -0.4 is 0 Å². The summed E-state index contributed by atoms with van der Waals surface area (Å²) >= 11 is 0. The van der Waals surface area contributed by atoms with Gasteiger partial charge in [-0.1, -0.05) is 31.2 Å². The lowest BCUT2D eigenvalue weighted by molar-refractivity contribution is 0.375. The molecule has 0 bridgehead atoms. The maximum Gasteiger partial charge on any atom is 0.0991 e. The largest absolute Gasteiger partial charge is 0.192 e. The molecule has 0 aliphatic heterocycles. The first-order valence-electron chi connectivity index (χ1n) is 7.00. The Bertz CT molecular complexity index is 428. The first kappa shape index (κ1) is 12.9. The van der Waals surface area contributed by atoms with Gasteiger partial charge in [0.2, 0.25) is 0 Å². The van der Waals surface area contributed by atoms with Gasteiger partial charge >= 0.3 is 0 Å². The minimum Gasteiger partial charge on any atom is -0.192 e. The van der Waals surface area contributed by atoms with E-state index in [0.29, 0.717) is 5.92 Å². The maximum atomic E-state index is 8.80. The Morgan fingerprint density at radius 2 is 1.83 bits per heavy atom. The van der Waals surface area contributed by atoms with Crippen molar-refractivity contribution < 1.29 is 0 Å². The lowest BCUT2D eigenvalue weighted by atomic mass is 9.78. The molecule has 18 heavy (non-hydrogen) atoms. The third kappa shape index (κ3) is 3.23. The molecule has 1 heteroatoms. The van der Waals surface area contributed by atoms with Crippen LogP contribution in [0, 0.1) is 17.2 Å². The van der Waals surface area contributed by atoms with Crippen molar-refractivity contribution in [2.45, 2.75) is 44.9 Å². The number of nitrogens with zero attached hydrogens (tertiary/aromatic N) is 1. The zero-order valence-electron chi connectivity index (χ0n) is 11.1. The van der Waals surface area contributed by atoms with Crippen LogP contribution in [0.5, 0.6) is 0 Å². The third-order valence-corrected chi connectivity index (χ3v) is 3.93. The van der Waals surface area contributed by atoms with Crippen molar-refractivity contribution in [3.8, 4) is 6.07 Å². The normalized spacial score (nSPS) is 24.0. The molecule has 0 aromatic heterocycles. The summed E-state index contributed by atoms with van der Waals surface area (Å²) in [6.07, 6.45) is 11.0. The van der Waals surface area contributed by atoms with Crippen LogP contribution in [0.1, 0.15) is 56.1 Å². The monoisotopic (exact) mass is 239 g/mol. The molecule has 0 saturated heterocycles. The Morgan fingerprint density at radius 1 is 1.17 bits per heavy atom. The zero-order valence-corrected chi connectivity index (χ0v) is 11.1. The maximum absolute atomic E-state index is 8.80. The van der Waals surface area contributed by atoms with Gasteiger partial charge < -0.3 is 0 Å². The summed E-state index contributed by atoms with van der Waals surface area (Å²) < 4.78 is 0. The van der Waals surface area contributed by atoms with E-state index in [9.17, 15) is 0 Å². The van der Waals surface area contributed by atoms with Gasteiger partial charge in [-0.3, -0.25) is 0 Å². The molecule has 0 unspecified atom stereocenters. The molecule has 1 aromatic carbocycles. The van der Waals surface area contributed by atoms with Crippen molar-refractivity contribution in [1.29, 1.82) is 5.26 Å². The van der Waals surface area contributed by atoms with Crippen molar-refractivity contribution >= 4 is 0 Å². The fourth-order valence-corrected chi connectivity index (χ4v) is 2.80. The van der Waals surface area contributed by atoms with Crippen molar-refractivity contribution in [2.75, 3.05) is 0 Å². The van der Waals surface area contributed by atoms with Gasteiger partial charge in [0.1, 0.15) is 0 Å². The molecule has 1 aliphatic carbocycles. The summed E-state index contributed by atoms with van der Waals surface area (Å²) in [5.74, 6) is 1.49. The summed E-state index contributed by atoms with van der Waals surface area (Å²) in [6.45, 7) is 2.19. The molecule has 94 valence electrons. The molecule has 1 fully saturated rings. The number of hydrogen-bond acceptors (Lipinski definition) is 1. The minimum absolute atomic E-state index is 0.698. The van der Waals surface area contributed by atoms with Crippen LogP contribution in [-0.2, 0) is 0 Å². The van der Waals surface area contributed by atoms with E-state index in [0.717, 1.165) is 17.9 Å². The van der Waals surface area contributed by atoms with Gasteiger partial charge in [0.05, 0.1) is 11.6 Å². The van der Waals surface area contributed by atoms with Gasteiger partial charge in [-0.25, -0.2) is 0 Å². The molecule has 1 aliphatic rings. The molecule has 0 radical (unpaired) electrons. The quantitative estimate of drug-likeness (QED) is 0.695. The molecule has 2 rings (SSSR count). The highest BCUT2D eigenvalue weighted by Gasteiger charge is 2.20. The molecule has 0 atom stereocenters. The van der Waals surface area contributed by atoms with E-state index in [1.54, 1.807) is 0 Å². The Kier molecular flexibility index (Phi) is 4.59. The molecule has 1 saturated carbocycles. The van der Waals surface area contributed by atoms with Crippen molar-refractivity contribution in [1.82, 2.24) is 0 Å². The summed E-state index contributed by atoms with van der Waals surface area (Å²) in [7, 11) is 0. The number of benzene rings is 1. The standard InChI is InChI=1S/C17H21N/c1-2-3-4-14-5-9-16(10-6-14)17-11-7-15(13-18)8-12-17/h3-4,7-8,11-12,14,16H,2,5-6,9-10H2,1H3/b4-3-/t14-,16+. The van der Waals surface area contributed by atoms with Gasteiger partial charge in [-0.05, 0) is 61.6 Å². The van der Waals surface area contributed by atoms with Gasteiger partial charge in [0.25, 0.3) is 0 Å². The van der Waals surface area contributed by atoms with E-state index in [-0.39, 0.29) is 0 Å². The van der Waals surface area contributed by atoms with Crippen molar-refractivity contribution in [3.63, 3.8) is 0 Å². The predicted molar refractivity (Wildman–Crippen MR) is 75.3 cm³/mol. The molecular formula is C17H21N. The number of nitriles is 1. The fourth-order valence-electron chi connectivity index (χ4n) is 2.80. The molecule has 0 spiro atoms. The summed E-state index contributed by atoms with van der Waals surface area (Å²) in [4.78, 5) is 0. The smallest absolute Gasteiger partial charge is 0.0991 e. The predicted octanol–water partition coefficient (Wildman–Crippen LogP) is 4.80. The Hall–Kier alpha value is -1.55. The first-order valence-corrected chi connectivity index (χ1v) is 7.00.